The minimum absolute atomic E-state index is 0.0484. The predicted octanol–water partition coefficient (Wildman–Crippen LogP) is 2.63. The quantitative estimate of drug-likeness (QED) is 0.686. The average Bonchev–Trinajstić information content (AvgIpc) is 3.46. The zero-order chi connectivity index (χ0) is 19.5. The molecular weight excluding hydrogens is 352 g/mol. The number of hydrogen-bond donors (Lipinski definition) is 3. The van der Waals surface area contributed by atoms with Gasteiger partial charge in [-0.1, -0.05) is 30.3 Å². The highest BCUT2D eigenvalue weighted by Gasteiger charge is 2.42. The maximum Gasteiger partial charge on any atom is 0.255 e. The number of rotatable bonds is 7. The Morgan fingerprint density at radius 1 is 1.29 bits per heavy atom. The van der Waals surface area contributed by atoms with E-state index in [9.17, 15) is 4.79 Å². The Kier molecular flexibility index (Phi) is 5.90. The Morgan fingerprint density at radius 3 is 2.86 bits per heavy atom. The second-order valence-corrected chi connectivity index (χ2v) is 8.16. The molecule has 0 spiro atoms. The summed E-state index contributed by atoms with van der Waals surface area (Å²) in [5.41, 5.74) is 1.92. The van der Waals surface area contributed by atoms with Gasteiger partial charge >= 0.3 is 0 Å². The first-order valence-corrected chi connectivity index (χ1v) is 10.4. The maximum atomic E-state index is 12.5. The molecule has 0 radical (unpaired) electrons. The molecule has 1 saturated heterocycles. The fourth-order valence-electron chi connectivity index (χ4n) is 4.07. The van der Waals surface area contributed by atoms with Gasteiger partial charge in [0.2, 0.25) is 0 Å². The van der Waals surface area contributed by atoms with Crippen molar-refractivity contribution < 1.29 is 4.74 Å². The molecule has 28 heavy (non-hydrogen) atoms. The smallest absolute Gasteiger partial charge is 0.255 e. The number of ether oxygens (including phenoxy) is 1. The summed E-state index contributed by atoms with van der Waals surface area (Å²) in [6, 6.07) is 11.1. The second kappa shape index (κ2) is 8.55. The van der Waals surface area contributed by atoms with Crippen LogP contribution in [0.5, 0.6) is 0 Å². The Bertz CT molecular complexity index is 836. The summed E-state index contributed by atoms with van der Waals surface area (Å²) < 4.78 is 5.80. The van der Waals surface area contributed by atoms with E-state index in [1.165, 1.54) is 5.56 Å². The van der Waals surface area contributed by atoms with Crippen LogP contribution in [-0.4, -0.2) is 34.8 Å². The van der Waals surface area contributed by atoms with Gasteiger partial charge in [0.25, 0.3) is 5.56 Å². The Morgan fingerprint density at radius 2 is 2.11 bits per heavy atom. The highest BCUT2D eigenvalue weighted by atomic mass is 16.5. The first-order chi connectivity index (χ1) is 13.6. The molecule has 1 aromatic heterocycles. The number of H-pyrrole nitrogens is 1. The molecular formula is C22H30N4O2. The van der Waals surface area contributed by atoms with Crippen molar-refractivity contribution in [2.45, 2.75) is 69.9 Å². The highest BCUT2D eigenvalue weighted by molar-refractivity contribution is 5.22. The van der Waals surface area contributed by atoms with Crippen LogP contribution in [-0.2, 0) is 11.3 Å². The SMILES string of the molecule is CC(C)OC1CC1c1ncc(CN[C@@H]2CCCN[C@@H]2c2ccccc2)c(=O)[nH]1. The molecule has 2 aliphatic rings. The first-order valence-electron chi connectivity index (χ1n) is 10.4. The van der Waals surface area contributed by atoms with Crippen LogP contribution in [0.4, 0.5) is 0 Å². The summed E-state index contributed by atoms with van der Waals surface area (Å²) in [4.78, 5) is 20.0. The van der Waals surface area contributed by atoms with E-state index >= 15 is 0 Å². The molecule has 0 amide bonds. The Balaban J connectivity index is 1.38. The Labute approximate surface area is 166 Å². The number of aromatic nitrogens is 2. The lowest BCUT2D eigenvalue weighted by Gasteiger charge is -2.33. The van der Waals surface area contributed by atoms with Crippen LogP contribution < -0.4 is 16.2 Å². The number of aromatic amines is 1. The van der Waals surface area contributed by atoms with Crippen LogP contribution in [0.3, 0.4) is 0 Å². The van der Waals surface area contributed by atoms with E-state index in [1.807, 2.05) is 19.9 Å². The fraction of sp³-hybridized carbons (Fsp3) is 0.545. The van der Waals surface area contributed by atoms with E-state index in [0.717, 1.165) is 31.6 Å². The zero-order valence-electron chi connectivity index (χ0n) is 16.7. The first kappa shape index (κ1) is 19.3. The van der Waals surface area contributed by atoms with Gasteiger partial charge in [0, 0.05) is 36.3 Å². The summed E-state index contributed by atoms with van der Waals surface area (Å²) in [7, 11) is 0. The summed E-state index contributed by atoms with van der Waals surface area (Å²) in [5.74, 6) is 0.975. The molecule has 0 bridgehead atoms. The molecule has 3 N–H and O–H groups in total. The lowest BCUT2D eigenvalue weighted by molar-refractivity contribution is 0.0611. The molecule has 2 aromatic rings. The third-order valence-electron chi connectivity index (χ3n) is 5.59. The minimum atomic E-state index is -0.0484. The number of nitrogens with one attached hydrogen (secondary N) is 3. The number of hydrogen-bond acceptors (Lipinski definition) is 5. The zero-order valence-corrected chi connectivity index (χ0v) is 16.7. The summed E-state index contributed by atoms with van der Waals surface area (Å²) >= 11 is 0. The van der Waals surface area contributed by atoms with Gasteiger partial charge in [-0.05, 0) is 45.2 Å². The standard InChI is InChI=1S/C22H30N4O2/c1-14(2)28-19-11-17(19)21-25-13-16(22(27)26-21)12-24-18-9-6-10-23-20(18)15-7-4-3-5-8-15/h3-5,7-8,13-14,17-20,23-24H,6,9-12H2,1-2H3,(H,25,26,27)/t17?,18-,19?,20-/m1/s1. The normalized spacial score (nSPS) is 27.1. The average molecular weight is 383 g/mol. The van der Waals surface area contributed by atoms with Crippen molar-refractivity contribution in [2.24, 2.45) is 0 Å². The second-order valence-electron chi connectivity index (χ2n) is 8.16. The molecule has 1 saturated carbocycles. The summed E-state index contributed by atoms with van der Waals surface area (Å²) in [6.45, 7) is 5.61. The van der Waals surface area contributed by atoms with Crippen LogP contribution in [0.1, 0.15) is 62.0 Å². The topological polar surface area (TPSA) is 79.0 Å². The molecule has 1 aromatic carbocycles. The molecule has 1 aliphatic heterocycles. The third-order valence-corrected chi connectivity index (χ3v) is 5.59. The van der Waals surface area contributed by atoms with E-state index in [1.54, 1.807) is 6.20 Å². The Hall–Kier alpha value is -2.02. The van der Waals surface area contributed by atoms with Crippen LogP contribution in [0.2, 0.25) is 0 Å². The molecule has 2 fully saturated rings. The van der Waals surface area contributed by atoms with Gasteiger partial charge in [0.1, 0.15) is 5.82 Å². The summed E-state index contributed by atoms with van der Waals surface area (Å²) in [6.07, 6.45) is 5.27. The lowest BCUT2D eigenvalue weighted by atomic mass is 9.92. The van der Waals surface area contributed by atoms with Gasteiger partial charge in [-0.25, -0.2) is 4.98 Å². The third kappa shape index (κ3) is 4.51. The van der Waals surface area contributed by atoms with Crippen molar-refractivity contribution in [2.75, 3.05) is 6.54 Å². The van der Waals surface area contributed by atoms with Crippen molar-refractivity contribution in [1.29, 1.82) is 0 Å². The number of piperidine rings is 1. The van der Waals surface area contributed by atoms with Gasteiger partial charge in [0.05, 0.1) is 12.2 Å². The lowest BCUT2D eigenvalue weighted by Crippen LogP contribution is -2.46. The fourth-order valence-corrected chi connectivity index (χ4v) is 4.07. The van der Waals surface area contributed by atoms with Gasteiger partial charge in [-0.15, -0.1) is 0 Å². The van der Waals surface area contributed by atoms with Crippen molar-refractivity contribution in [3.8, 4) is 0 Å². The molecule has 6 nitrogen and oxygen atoms in total. The van der Waals surface area contributed by atoms with Crippen molar-refractivity contribution >= 4 is 0 Å². The van der Waals surface area contributed by atoms with Gasteiger partial charge in [0.15, 0.2) is 0 Å². The largest absolute Gasteiger partial charge is 0.375 e. The van der Waals surface area contributed by atoms with Crippen LogP contribution in [0.25, 0.3) is 0 Å². The summed E-state index contributed by atoms with van der Waals surface area (Å²) in [5, 5.41) is 7.19. The molecule has 2 heterocycles. The van der Waals surface area contributed by atoms with Crippen LogP contribution >= 0.6 is 0 Å². The van der Waals surface area contributed by atoms with E-state index in [-0.39, 0.29) is 29.7 Å². The van der Waals surface area contributed by atoms with E-state index < -0.39 is 0 Å². The molecule has 4 rings (SSSR count). The predicted molar refractivity (Wildman–Crippen MR) is 109 cm³/mol. The highest BCUT2D eigenvalue weighted by Crippen LogP contribution is 2.41. The molecule has 6 heteroatoms. The molecule has 2 unspecified atom stereocenters. The van der Waals surface area contributed by atoms with Gasteiger partial charge in [-0.3, -0.25) is 4.79 Å². The van der Waals surface area contributed by atoms with Crippen molar-refractivity contribution in [3.05, 3.63) is 63.8 Å². The van der Waals surface area contributed by atoms with Crippen molar-refractivity contribution in [3.63, 3.8) is 0 Å². The van der Waals surface area contributed by atoms with Gasteiger partial charge < -0.3 is 20.4 Å². The van der Waals surface area contributed by atoms with E-state index in [4.69, 9.17) is 4.74 Å². The number of benzene rings is 1. The van der Waals surface area contributed by atoms with Crippen molar-refractivity contribution in [1.82, 2.24) is 20.6 Å². The molecule has 150 valence electrons. The molecule has 4 atom stereocenters. The van der Waals surface area contributed by atoms with Crippen LogP contribution in [0, 0.1) is 0 Å². The maximum absolute atomic E-state index is 12.5. The van der Waals surface area contributed by atoms with E-state index in [0.29, 0.717) is 18.2 Å². The number of nitrogens with zero attached hydrogens (tertiary/aromatic N) is 1. The van der Waals surface area contributed by atoms with E-state index in [2.05, 4.69) is 44.9 Å². The minimum Gasteiger partial charge on any atom is -0.375 e. The van der Waals surface area contributed by atoms with Crippen LogP contribution in [0.15, 0.2) is 41.3 Å². The van der Waals surface area contributed by atoms with Gasteiger partial charge in [-0.2, -0.15) is 0 Å². The molecule has 1 aliphatic carbocycles. The monoisotopic (exact) mass is 382 g/mol.